The van der Waals surface area contributed by atoms with E-state index in [1.807, 2.05) is 32.9 Å². The molecule has 0 saturated carbocycles. The van der Waals surface area contributed by atoms with Crippen LogP contribution in [-0.2, 0) is 23.0 Å². The van der Waals surface area contributed by atoms with E-state index in [2.05, 4.69) is 15.0 Å². The molecule has 0 spiro atoms. The van der Waals surface area contributed by atoms with E-state index in [-0.39, 0.29) is 12.1 Å². The van der Waals surface area contributed by atoms with E-state index in [0.29, 0.717) is 35.2 Å². The second-order valence-electron chi connectivity index (χ2n) is 7.11. The van der Waals surface area contributed by atoms with Gasteiger partial charge in [0.15, 0.2) is 5.65 Å². The van der Waals surface area contributed by atoms with Gasteiger partial charge < -0.3 is 4.57 Å². The Bertz CT molecular complexity index is 1430. The Hall–Kier alpha value is -2.98. The van der Waals surface area contributed by atoms with Crippen LogP contribution in [0.15, 0.2) is 29.2 Å². The zero-order valence-electron chi connectivity index (χ0n) is 16.6. The van der Waals surface area contributed by atoms with Crippen molar-refractivity contribution in [2.24, 2.45) is 5.14 Å². The molecule has 3 aromatic heterocycles. The topological polar surface area (TPSA) is 104 Å². The molecule has 0 aliphatic carbocycles. The lowest BCUT2D eigenvalue weighted by Crippen LogP contribution is -2.15. The van der Waals surface area contributed by atoms with Gasteiger partial charge in [0.2, 0.25) is 10.0 Å². The van der Waals surface area contributed by atoms with Gasteiger partial charge >= 0.3 is 0 Å². The molecule has 4 aromatic rings. The molecule has 4 rings (SSSR count). The fourth-order valence-electron chi connectivity index (χ4n) is 3.57. The fraction of sp³-hybridized carbons (Fsp3) is 0.250. The number of primary sulfonamides is 1. The zero-order chi connectivity index (χ0) is 21.8. The first kappa shape index (κ1) is 20.3. The fourth-order valence-corrected chi connectivity index (χ4v) is 4.17. The number of nitrogens with two attached hydrogens (primary N) is 1. The van der Waals surface area contributed by atoms with Gasteiger partial charge in [0.05, 0.1) is 17.8 Å². The summed E-state index contributed by atoms with van der Waals surface area (Å²) in [6.45, 7) is 5.55. The van der Waals surface area contributed by atoms with Gasteiger partial charge in [-0.3, -0.25) is 0 Å². The van der Waals surface area contributed by atoms with Gasteiger partial charge in [0.25, 0.3) is 0 Å². The van der Waals surface area contributed by atoms with Gasteiger partial charge in [-0.15, -0.1) is 0 Å². The number of hydrogen-bond acceptors (Lipinski definition) is 5. The molecule has 0 unspecified atom stereocenters. The highest BCUT2D eigenvalue weighted by Gasteiger charge is 2.21. The molecule has 0 bridgehead atoms. The Balaban J connectivity index is 1.97. The minimum atomic E-state index is -4.37. The average Bonchev–Trinajstić information content (AvgIpc) is 3.02. The van der Waals surface area contributed by atoms with Crippen molar-refractivity contribution in [2.45, 2.75) is 38.6 Å². The van der Waals surface area contributed by atoms with E-state index in [1.165, 1.54) is 0 Å². The number of sulfonamides is 1. The molecule has 0 saturated heterocycles. The Morgan fingerprint density at radius 1 is 1.07 bits per heavy atom. The number of halogens is 2. The molecular weight excluding hydrogens is 412 g/mol. The van der Waals surface area contributed by atoms with Crippen molar-refractivity contribution in [1.82, 2.24) is 19.5 Å². The average molecular weight is 431 g/mol. The molecular formula is C20H19F2N5O2S. The molecule has 3 heterocycles. The molecule has 30 heavy (non-hydrogen) atoms. The van der Waals surface area contributed by atoms with E-state index in [1.54, 1.807) is 4.57 Å². The Labute approximate surface area is 171 Å². The van der Waals surface area contributed by atoms with Crippen molar-refractivity contribution in [3.05, 3.63) is 58.7 Å². The first-order chi connectivity index (χ1) is 14.1. The highest BCUT2D eigenvalue weighted by Crippen LogP contribution is 2.29. The maximum Gasteiger partial charge on any atom is 0.241 e. The molecule has 0 atom stereocenters. The summed E-state index contributed by atoms with van der Waals surface area (Å²) < 4.78 is 53.7. The van der Waals surface area contributed by atoms with Crippen LogP contribution in [0.25, 0.3) is 22.1 Å². The van der Waals surface area contributed by atoms with Gasteiger partial charge in [0, 0.05) is 23.1 Å². The predicted molar refractivity (Wildman–Crippen MR) is 109 cm³/mol. The molecule has 0 radical (unpaired) electrons. The second-order valence-corrected chi connectivity index (χ2v) is 8.63. The number of fused-ring (bicyclic) bond motifs is 3. The van der Waals surface area contributed by atoms with Gasteiger partial charge in [-0.2, -0.15) is 0 Å². The third-order valence-electron chi connectivity index (χ3n) is 4.98. The molecule has 0 fully saturated rings. The molecule has 10 heteroatoms. The Kier molecular flexibility index (Phi) is 4.78. The van der Waals surface area contributed by atoms with E-state index in [0.717, 1.165) is 22.7 Å². The van der Waals surface area contributed by atoms with Crippen LogP contribution in [0.3, 0.4) is 0 Å². The first-order valence-electron chi connectivity index (χ1n) is 9.24. The second kappa shape index (κ2) is 7.06. The maximum absolute atomic E-state index is 14.7. The van der Waals surface area contributed by atoms with Gasteiger partial charge in [0.1, 0.15) is 27.9 Å². The van der Waals surface area contributed by atoms with Crippen LogP contribution in [0, 0.1) is 25.5 Å². The van der Waals surface area contributed by atoms with Crippen LogP contribution >= 0.6 is 0 Å². The first-order valence-corrected chi connectivity index (χ1v) is 10.8. The van der Waals surface area contributed by atoms with Crippen molar-refractivity contribution in [3.63, 3.8) is 0 Å². The summed E-state index contributed by atoms with van der Waals surface area (Å²) in [6, 6.07) is 5.20. The van der Waals surface area contributed by atoms with Crippen molar-refractivity contribution in [3.8, 4) is 0 Å². The standard InChI is InChI=1S/C20H19F2N5O2S/c1-4-17-26-18-11(3)25-20-13(6-5-10(2)24-20)19(18)27(17)9-12-7-15(22)16(8-14(12)21)30(23,28)29/h5-8H,4,9H2,1-3H3,(H2,23,28,29). The van der Waals surface area contributed by atoms with Crippen LogP contribution in [0.1, 0.15) is 29.7 Å². The zero-order valence-corrected chi connectivity index (χ0v) is 17.4. The SMILES string of the molecule is CCc1nc2c(C)nc3nc(C)ccc3c2n1Cc1cc(F)c(S(N)(=O)=O)cc1F. The number of benzene rings is 1. The van der Waals surface area contributed by atoms with Crippen LogP contribution in [-0.4, -0.2) is 27.9 Å². The van der Waals surface area contributed by atoms with Crippen LogP contribution in [0.4, 0.5) is 8.78 Å². The van der Waals surface area contributed by atoms with Gasteiger partial charge in [-0.1, -0.05) is 6.92 Å². The highest BCUT2D eigenvalue weighted by atomic mass is 32.2. The van der Waals surface area contributed by atoms with Crippen molar-refractivity contribution in [1.29, 1.82) is 0 Å². The quantitative estimate of drug-likeness (QED) is 0.535. The smallest absolute Gasteiger partial charge is 0.241 e. The monoisotopic (exact) mass is 431 g/mol. The minimum Gasteiger partial charge on any atom is -0.323 e. The molecule has 0 aliphatic heterocycles. The summed E-state index contributed by atoms with van der Waals surface area (Å²) >= 11 is 0. The predicted octanol–water partition coefficient (Wildman–Crippen LogP) is 3.13. The number of pyridine rings is 2. The van der Waals surface area contributed by atoms with Crippen LogP contribution < -0.4 is 5.14 Å². The molecule has 2 N–H and O–H groups in total. The summed E-state index contributed by atoms with van der Waals surface area (Å²) in [4.78, 5) is 12.8. The molecule has 7 nitrogen and oxygen atoms in total. The normalized spacial score (nSPS) is 12.2. The molecule has 0 amide bonds. The third-order valence-corrected chi connectivity index (χ3v) is 5.91. The lowest BCUT2D eigenvalue weighted by Gasteiger charge is -2.12. The molecule has 156 valence electrons. The van der Waals surface area contributed by atoms with E-state index in [9.17, 15) is 17.2 Å². The maximum atomic E-state index is 14.7. The van der Waals surface area contributed by atoms with Crippen molar-refractivity contribution in [2.75, 3.05) is 0 Å². The Morgan fingerprint density at radius 3 is 2.47 bits per heavy atom. The number of aromatic nitrogens is 4. The lowest BCUT2D eigenvalue weighted by molar-refractivity contribution is 0.542. The van der Waals surface area contributed by atoms with Crippen LogP contribution in [0.5, 0.6) is 0 Å². The molecule has 0 aliphatic rings. The van der Waals surface area contributed by atoms with E-state index < -0.39 is 26.6 Å². The largest absolute Gasteiger partial charge is 0.323 e. The van der Waals surface area contributed by atoms with Crippen molar-refractivity contribution >= 4 is 32.1 Å². The summed E-state index contributed by atoms with van der Waals surface area (Å²) in [7, 11) is -4.37. The van der Waals surface area contributed by atoms with E-state index >= 15 is 0 Å². The molecule has 1 aromatic carbocycles. The number of imidazole rings is 1. The summed E-state index contributed by atoms with van der Waals surface area (Å²) in [5, 5.41) is 5.71. The highest BCUT2D eigenvalue weighted by molar-refractivity contribution is 7.89. The lowest BCUT2D eigenvalue weighted by atomic mass is 10.1. The van der Waals surface area contributed by atoms with E-state index in [4.69, 9.17) is 5.14 Å². The minimum absolute atomic E-state index is 0.0170. The summed E-state index contributed by atoms with van der Waals surface area (Å²) in [5.41, 5.74) is 3.39. The van der Waals surface area contributed by atoms with Gasteiger partial charge in [-0.25, -0.2) is 37.3 Å². The summed E-state index contributed by atoms with van der Waals surface area (Å²) in [5.74, 6) is -1.30. The Morgan fingerprint density at radius 2 is 1.80 bits per heavy atom. The van der Waals surface area contributed by atoms with Crippen molar-refractivity contribution < 1.29 is 17.2 Å². The third kappa shape index (κ3) is 3.31. The number of nitrogens with zero attached hydrogens (tertiary/aromatic N) is 4. The van der Waals surface area contributed by atoms with Gasteiger partial charge in [-0.05, 0) is 38.1 Å². The number of rotatable bonds is 4. The number of hydrogen-bond donors (Lipinski definition) is 1. The van der Waals surface area contributed by atoms with Crippen LogP contribution in [0.2, 0.25) is 0 Å². The number of aryl methyl sites for hydroxylation is 3. The summed E-state index contributed by atoms with van der Waals surface area (Å²) in [6.07, 6.45) is 0.550.